The molecular weight excluding hydrogens is 204 g/mol. The predicted molar refractivity (Wildman–Crippen MR) is 58.9 cm³/mol. The largest absolute Gasteiger partial charge is 0.380 e. The van der Waals surface area contributed by atoms with Crippen LogP contribution in [0.4, 0.5) is 0 Å². The molecule has 1 aromatic heterocycles. The zero-order chi connectivity index (χ0) is 11.5. The predicted octanol–water partition coefficient (Wildman–Crippen LogP) is 1.34. The van der Waals surface area contributed by atoms with Crippen LogP contribution in [0.25, 0.3) is 0 Å². The summed E-state index contributed by atoms with van der Waals surface area (Å²) >= 11 is 0. The summed E-state index contributed by atoms with van der Waals surface area (Å²) < 4.78 is 1.53. The third kappa shape index (κ3) is 2.01. The van der Waals surface area contributed by atoms with Gasteiger partial charge in [0.25, 0.3) is 0 Å². The van der Waals surface area contributed by atoms with E-state index in [0.717, 1.165) is 0 Å². The Morgan fingerprint density at radius 2 is 2.06 bits per heavy atom. The molecule has 16 heavy (non-hydrogen) atoms. The van der Waals surface area contributed by atoms with Gasteiger partial charge in [0.15, 0.2) is 5.78 Å². The topological polar surface area (TPSA) is 55.1 Å². The molecule has 1 atom stereocenters. The summed E-state index contributed by atoms with van der Waals surface area (Å²) in [7, 11) is 1.73. The molecule has 1 heterocycles. The molecule has 0 amide bonds. The number of carbonyl (C=O) groups excluding carboxylic acids is 1. The molecule has 0 bridgehead atoms. The third-order valence-electron chi connectivity index (χ3n) is 2.35. The highest BCUT2D eigenvalue weighted by Crippen LogP contribution is 2.17. The van der Waals surface area contributed by atoms with Gasteiger partial charge in [0.1, 0.15) is 6.10 Å². The number of nitrogens with zero attached hydrogens (tertiary/aromatic N) is 2. The first-order chi connectivity index (χ1) is 7.68. The van der Waals surface area contributed by atoms with E-state index in [0.29, 0.717) is 11.1 Å². The lowest BCUT2D eigenvalue weighted by molar-refractivity contribution is 0.0747. The standard InChI is InChI=1S/C12H12N2O2/c1-14-8-10(7-13-14)12(16)11(15)9-5-3-2-4-6-9/h2-8,11,15H,1H3. The highest BCUT2D eigenvalue weighted by molar-refractivity contribution is 5.99. The number of hydrogen-bond acceptors (Lipinski definition) is 3. The van der Waals surface area contributed by atoms with E-state index in [1.807, 2.05) is 6.07 Å². The minimum Gasteiger partial charge on any atom is -0.380 e. The zero-order valence-corrected chi connectivity index (χ0v) is 8.87. The van der Waals surface area contributed by atoms with Crippen molar-refractivity contribution in [3.63, 3.8) is 0 Å². The fourth-order valence-corrected chi connectivity index (χ4v) is 1.49. The molecule has 4 nitrogen and oxygen atoms in total. The number of aliphatic hydroxyl groups excluding tert-OH is 1. The Morgan fingerprint density at radius 3 is 2.62 bits per heavy atom. The van der Waals surface area contributed by atoms with Gasteiger partial charge < -0.3 is 5.11 Å². The zero-order valence-electron chi connectivity index (χ0n) is 8.87. The normalized spacial score (nSPS) is 12.4. The summed E-state index contributed by atoms with van der Waals surface area (Å²) in [5, 5.41) is 13.8. The van der Waals surface area contributed by atoms with Crippen LogP contribution in [0.2, 0.25) is 0 Å². The maximum absolute atomic E-state index is 11.9. The van der Waals surface area contributed by atoms with Gasteiger partial charge in [0, 0.05) is 13.2 Å². The van der Waals surface area contributed by atoms with Gasteiger partial charge in [0.2, 0.25) is 0 Å². The van der Waals surface area contributed by atoms with E-state index in [2.05, 4.69) is 5.10 Å². The minimum absolute atomic E-state index is 0.334. The van der Waals surface area contributed by atoms with Crippen LogP contribution < -0.4 is 0 Å². The first-order valence-corrected chi connectivity index (χ1v) is 4.94. The fraction of sp³-hybridized carbons (Fsp3) is 0.167. The number of ketones is 1. The molecule has 1 N–H and O–H groups in total. The van der Waals surface area contributed by atoms with Crippen molar-refractivity contribution >= 4 is 5.78 Å². The van der Waals surface area contributed by atoms with Gasteiger partial charge in [-0.15, -0.1) is 0 Å². The molecule has 4 heteroatoms. The molecule has 0 aliphatic heterocycles. The van der Waals surface area contributed by atoms with E-state index in [-0.39, 0.29) is 5.78 Å². The monoisotopic (exact) mass is 216 g/mol. The number of rotatable bonds is 3. The maximum atomic E-state index is 11.9. The van der Waals surface area contributed by atoms with Gasteiger partial charge in [-0.2, -0.15) is 5.10 Å². The Labute approximate surface area is 93.1 Å². The van der Waals surface area contributed by atoms with E-state index in [1.165, 1.54) is 10.9 Å². The highest BCUT2D eigenvalue weighted by Gasteiger charge is 2.19. The van der Waals surface area contributed by atoms with Crippen molar-refractivity contribution in [1.82, 2.24) is 9.78 Å². The molecule has 0 aliphatic rings. The van der Waals surface area contributed by atoms with Crippen LogP contribution in [-0.4, -0.2) is 20.7 Å². The van der Waals surface area contributed by atoms with E-state index in [4.69, 9.17) is 0 Å². The van der Waals surface area contributed by atoms with E-state index in [9.17, 15) is 9.90 Å². The summed E-state index contributed by atoms with van der Waals surface area (Å²) in [5.41, 5.74) is 1.01. The minimum atomic E-state index is -1.12. The molecule has 0 aliphatic carbocycles. The second-order valence-electron chi connectivity index (χ2n) is 3.58. The lowest BCUT2D eigenvalue weighted by atomic mass is 10.0. The SMILES string of the molecule is Cn1cc(C(=O)C(O)c2ccccc2)cn1. The lowest BCUT2D eigenvalue weighted by Gasteiger charge is -2.07. The number of carbonyl (C=O) groups is 1. The first kappa shape index (κ1) is 10.6. The molecule has 0 spiro atoms. The van der Waals surface area contributed by atoms with Gasteiger partial charge in [-0.1, -0.05) is 30.3 Å². The van der Waals surface area contributed by atoms with E-state index in [1.54, 1.807) is 37.5 Å². The molecule has 0 radical (unpaired) electrons. The fourth-order valence-electron chi connectivity index (χ4n) is 1.49. The van der Waals surface area contributed by atoms with Crippen LogP contribution in [-0.2, 0) is 7.05 Å². The van der Waals surface area contributed by atoms with Crippen LogP contribution in [0.3, 0.4) is 0 Å². The molecule has 1 aromatic carbocycles. The number of hydrogen-bond donors (Lipinski definition) is 1. The number of aromatic nitrogens is 2. The summed E-state index contributed by atoms with van der Waals surface area (Å²) in [4.78, 5) is 11.9. The van der Waals surface area contributed by atoms with Gasteiger partial charge >= 0.3 is 0 Å². The van der Waals surface area contributed by atoms with Crippen molar-refractivity contribution in [2.75, 3.05) is 0 Å². The van der Waals surface area contributed by atoms with Gasteiger partial charge in [0.05, 0.1) is 11.8 Å². The Morgan fingerprint density at radius 1 is 1.38 bits per heavy atom. The Bertz CT molecular complexity index is 491. The number of aryl methyl sites for hydroxylation is 1. The Kier molecular flexibility index (Phi) is 2.83. The van der Waals surface area contributed by atoms with Crippen LogP contribution in [0.1, 0.15) is 22.0 Å². The molecular formula is C12H12N2O2. The summed E-state index contributed by atoms with van der Waals surface area (Å²) in [6.07, 6.45) is 1.92. The molecule has 0 saturated heterocycles. The molecule has 1 unspecified atom stereocenters. The number of aliphatic hydroxyl groups is 1. The maximum Gasteiger partial charge on any atom is 0.198 e. The van der Waals surface area contributed by atoms with Crippen molar-refractivity contribution in [3.8, 4) is 0 Å². The van der Waals surface area contributed by atoms with Crippen LogP contribution >= 0.6 is 0 Å². The quantitative estimate of drug-likeness (QED) is 0.787. The van der Waals surface area contributed by atoms with Crippen molar-refractivity contribution < 1.29 is 9.90 Å². The van der Waals surface area contributed by atoms with Gasteiger partial charge in [-0.05, 0) is 5.56 Å². The Hall–Kier alpha value is -1.94. The smallest absolute Gasteiger partial charge is 0.198 e. The molecule has 82 valence electrons. The average molecular weight is 216 g/mol. The molecule has 2 rings (SSSR count). The molecule has 2 aromatic rings. The summed E-state index contributed by atoms with van der Waals surface area (Å²) in [6.45, 7) is 0. The van der Waals surface area contributed by atoms with Crippen molar-refractivity contribution in [2.45, 2.75) is 6.10 Å². The van der Waals surface area contributed by atoms with Gasteiger partial charge in [-0.3, -0.25) is 9.48 Å². The highest BCUT2D eigenvalue weighted by atomic mass is 16.3. The summed E-state index contributed by atoms with van der Waals surface area (Å²) in [6, 6.07) is 8.85. The van der Waals surface area contributed by atoms with Crippen LogP contribution in [0.15, 0.2) is 42.7 Å². The van der Waals surface area contributed by atoms with Crippen LogP contribution in [0.5, 0.6) is 0 Å². The van der Waals surface area contributed by atoms with Crippen molar-refractivity contribution in [2.24, 2.45) is 7.05 Å². The van der Waals surface area contributed by atoms with Crippen molar-refractivity contribution in [3.05, 3.63) is 53.9 Å². The average Bonchev–Trinajstić information content (AvgIpc) is 2.75. The number of benzene rings is 1. The van der Waals surface area contributed by atoms with Gasteiger partial charge in [-0.25, -0.2) is 0 Å². The Balaban J connectivity index is 2.23. The summed E-state index contributed by atoms with van der Waals surface area (Å²) in [5.74, 6) is -0.334. The molecule has 0 saturated carbocycles. The number of Topliss-reactive ketones (excluding diaryl/α,β-unsaturated/α-hetero) is 1. The first-order valence-electron chi connectivity index (χ1n) is 4.94. The third-order valence-corrected chi connectivity index (χ3v) is 2.35. The lowest BCUT2D eigenvalue weighted by Crippen LogP contribution is -2.11. The van der Waals surface area contributed by atoms with E-state index >= 15 is 0 Å². The second kappa shape index (κ2) is 4.28. The van der Waals surface area contributed by atoms with Crippen molar-refractivity contribution in [1.29, 1.82) is 0 Å². The second-order valence-corrected chi connectivity index (χ2v) is 3.58. The molecule has 0 fully saturated rings. The van der Waals surface area contributed by atoms with Crippen LogP contribution in [0, 0.1) is 0 Å². The van der Waals surface area contributed by atoms with E-state index < -0.39 is 6.10 Å².